The molecule has 0 atom stereocenters. The first-order valence-corrected chi connectivity index (χ1v) is 8.68. The van der Waals surface area contributed by atoms with Gasteiger partial charge in [0.1, 0.15) is 17.0 Å². The first-order chi connectivity index (χ1) is 13.0. The molecule has 0 saturated carbocycles. The Bertz CT molecular complexity index is 1190. The van der Waals surface area contributed by atoms with Crippen LogP contribution in [0.3, 0.4) is 0 Å². The van der Waals surface area contributed by atoms with Gasteiger partial charge in [0.15, 0.2) is 5.58 Å². The van der Waals surface area contributed by atoms with Crippen molar-refractivity contribution >= 4 is 46.2 Å². The maximum Gasteiger partial charge on any atom is 0.228 e. The maximum atomic E-state index is 9.82. The lowest BCUT2D eigenvalue weighted by atomic mass is 10.2. The Hall–Kier alpha value is -3.02. The third-order valence-corrected chi connectivity index (χ3v) is 4.74. The quantitative estimate of drug-likeness (QED) is 0.417. The van der Waals surface area contributed by atoms with Gasteiger partial charge in [0.2, 0.25) is 5.89 Å². The van der Waals surface area contributed by atoms with Gasteiger partial charge in [-0.1, -0.05) is 29.3 Å². The van der Waals surface area contributed by atoms with E-state index in [2.05, 4.69) is 9.98 Å². The van der Waals surface area contributed by atoms with E-state index in [1.807, 2.05) is 0 Å². The number of benzene rings is 3. The second-order valence-electron chi connectivity index (χ2n) is 5.77. The first-order valence-electron chi connectivity index (χ1n) is 7.92. The number of nitrogens with zero attached hydrogens (tertiary/aromatic N) is 2. The number of aromatic nitrogens is 1. The number of halogens is 2. The first kappa shape index (κ1) is 17.4. The fourth-order valence-corrected chi connectivity index (χ4v) is 2.95. The maximum absolute atomic E-state index is 9.82. The third kappa shape index (κ3) is 3.47. The van der Waals surface area contributed by atoms with Crippen molar-refractivity contribution in [2.24, 2.45) is 4.99 Å². The summed E-state index contributed by atoms with van der Waals surface area (Å²) < 4.78 is 5.77. The molecule has 2 N–H and O–H groups in total. The predicted octanol–water partition coefficient (Wildman–Crippen LogP) is 5.96. The molecule has 0 unspecified atom stereocenters. The minimum Gasteiger partial charge on any atom is -0.508 e. The van der Waals surface area contributed by atoms with Gasteiger partial charge >= 0.3 is 0 Å². The zero-order chi connectivity index (χ0) is 19.0. The number of phenolic OH excluding ortho intramolecular Hbond substituents is 2. The molecule has 0 saturated heterocycles. The summed E-state index contributed by atoms with van der Waals surface area (Å²) in [4.78, 5) is 8.80. The largest absolute Gasteiger partial charge is 0.508 e. The number of oxazole rings is 1. The van der Waals surface area contributed by atoms with Crippen molar-refractivity contribution in [3.8, 4) is 23.0 Å². The van der Waals surface area contributed by atoms with Crippen LogP contribution in [0.2, 0.25) is 10.0 Å². The van der Waals surface area contributed by atoms with Crippen molar-refractivity contribution in [1.29, 1.82) is 0 Å². The molecule has 4 aromatic rings. The van der Waals surface area contributed by atoms with Gasteiger partial charge in [-0.2, -0.15) is 0 Å². The van der Waals surface area contributed by atoms with E-state index in [-0.39, 0.29) is 11.5 Å². The van der Waals surface area contributed by atoms with Crippen molar-refractivity contribution < 1.29 is 14.6 Å². The van der Waals surface area contributed by atoms with Crippen LogP contribution in [0, 0.1) is 0 Å². The number of hydrogen-bond acceptors (Lipinski definition) is 5. The highest BCUT2D eigenvalue weighted by Gasteiger charge is 2.13. The van der Waals surface area contributed by atoms with Crippen molar-refractivity contribution in [3.05, 3.63) is 70.2 Å². The molecule has 4 rings (SSSR count). The van der Waals surface area contributed by atoms with Crippen LogP contribution in [-0.2, 0) is 0 Å². The van der Waals surface area contributed by atoms with Gasteiger partial charge in [-0.3, -0.25) is 4.99 Å². The lowest BCUT2D eigenvalue weighted by Gasteiger charge is -2.00. The minimum atomic E-state index is -0.0563. The Labute approximate surface area is 164 Å². The standard InChI is InChI=1S/C20H12Cl2N2O3/c21-15-3-1-2-14(19(15)22)20-24-16-8-12(5-7-18(16)27-20)23-10-11-4-6-13(25)9-17(11)26/h1-10,25-26H. The molecule has 0 bridgehead atoms. The highest BCUT2D eigenvalue weighted by atomic mass is 35.5. The molecule has 0 aliphatic rings. The summed E-state index contributed by atoms with van der Waals surface area (Å²) in [5.74, 6) is 0.301. The number of aromatic hydroxyl groups is 2. The summed E-state index contributed by atoms with van der Waals surface area (Å²) in [5.41, 5.74) is 2.93. The summed E-state index contributed by atoms with van der Waals surface area (Å²) >= 11 is 12.3. The van der Waals surface area contributed by atoms with Gasteiger partial charge in [-0.05, 0) is 42.5 Å². The number of fused-ring (bicyclic) bond motifs is 1. The Morgan fingerprint density at radius 2 is 1.85 bits per heavy atom. The van der Waals surface area contributed by atoms with Crippen LogP contribution in [-0.4, -0.2) is 21.4 Å². The number of phenols is 2. The summed E-state index contributed by atoms with van der Waals surface area (Å²) in [6, 6.07) is 14.8. The highest BCUT2D eigenvalue weighted by molar-refractivity contribution is 6.43. The monoisotopic (exact) mass is 398 g/mol. The van der Waals surface area contributed by atoms with E-state index in [0.717, 1.165) is 0 Å². The lowest BCUT2D eigenvalue weighted by molar-refractivity contribution is 0.450. The van der Waals surface area contributed by atoms with E-state index in [9.17, 15) is 10.2 Å². The molecule has 1 heterocycles. The second kappa shape index (κ2) is 6.95. The summed E-state index contributed by atoms with van der Waals surface area (Å²) in [7, 11) is 0. The number of aliphatic imine (C=N–C) groups is 1. The molecule has 134 valence electrons. The Kier molecular flexibility index (Phi) is 4.48. The molecule has 0 amide bonds. The SMILES string of the molecule is Oc1ccc(C=Nc2ccc3oc(-c4cccc(Cl)c4Cl)nc3c2)c(O)c1. The molecule has 0 fully saturated rings. The average Bonchev–Trinajstić information content (AvgIpc) is 3.06. The summed E-state index contributed by atoms with van der Waals surface area (Å²) in [6.45, 7) is 0. The van der Waals surface area contributed by atoms with Crippen molar-refractivity contribution in [1.82, 2.24) is 4.98 Å². The third-order valence-electron chi connectivity index (χ3n) is 3.92. The normalized spacial score (nSPS) is 11.5. The van der Waals surface area contributed by atoms with Crippen molar-refractivity contribution in [2.75, 3.05) is 0 Å². The molecule has 5 nitrogen and oxygen atoms in total. The molecule has 27 heavy (non-hydrogen) atoms. The Morgan fingerprint density at radius 1 is 1.00 bits per heavy atom. The summed E-state index contributed by atoms with van der Waals surface area (Å²) in [5, 5.41) is 20.0. The van der Waals surface area contributed by atoms with E-state index < -0.39 is 0 Å². The van der Waals surface area contributed by atoms with Gasteiger partial charge in [0.05, 0.1) is 21.3 Å². The second-order valence-corrected chi connectivity index (χ2v) is 6.56. The Balaban J connectivity index is 1.68. The van der Waals surface area contributed by atoms with Gasteiger partial charge in [0, 0.05) is 17.8 Å². The molecule has 0 radical (unpaired) electrons. The van der Waals surface area contributed by atoms with Crippen LogP contribution in [0.5, 0.6) is 11.5 Å². The van der Waals surface area contributed by atoms with E-state index in [1.54, 1.807) is 42.5 Å². The zero-order valence-electron chi connectivity index (χ0n) is 13.7. The minimum absolute atomic E-state index is 0.0131. The fourth-order valence-electron chi connectivity index (χ4n) is 2.57. The van der Waals surface area contributed by atoms with Crippen LogP contribution in [0.1, 0.15) is 5.56 Å². The van der Waals surface area contributed by atoms with Gasteiger partial charge in [-0.25, -0.2) is 4.98 Å². The molecular weight excluding hydrogens is 387 g/mol. The van der Waals surface area contributed by atoms with E-state index in [4.69, 9.17) is 27.6 Å². The van der Waals surface area contributed by atoms with Crippen LogP contribution in [0.25, 0.3) is 22.6 Å². The topological polar surface area (TPSA) is 78.9 Å². The van der Waals surface area contributed by atoms with Crippen LogP contribution < -0.4 is 0 Å². The fraction of sp³-hybridized carbons (Fsp3) is 0. The van der Waals surface area contributed by atoms with Crippen LogP contribution in [0.4, 0.5) is 5.69 Å². The van der Waals surface area contributed by atoms with E-state index in [1.165, 1.54) is 18.3 Å². The molecule has 0 spiro atoms. The van der Waals surface area contributed by atoms with Gasteiger partial charge in [0.25, 0.3) is 0 Å². The molecule has 0 aliphatic carbocycles. The van der Waals surface area contributed by atoms with Crippen molar-refractivity contribution in [2.45, 2.75) is 0 Å². The molecule has 3 aromatic carbocycles. The van der Waals surface area contributed by atoms with E-state index in [0.29, 0.717) is 43.9 Å². The predicted molar refractivity (Wildman–Crippen MR) is 106 cm³/mol. The van der Waals surface area contributed by atoms with Crippen molar-refractivity contribution in [3.63, 3.8) is 0 Å². The van der Waals surface area contributed by atoms with Crippen LogP contribution >= 0.6 is 23.2 Å². The molecule has 7 heteroatoms. The smallest absolute Gasteiger partial charge is 0.228 e. The van der Waals surface area contributed by atoms with Gasteiger partial charge in [-0.15, -0.1) is 0 Å². The average molecular weight is 399 g/mol. The summed E-state index contributed by atoms with van der Waals surface area (Å²) in [6.07, 6.45) is 1.50. The molecule has 0 aliphatic heterocycles. The number of rotatable bonds is 3. The van der Waals surface area contributed by atoms with Gasteiger partial charge < -0.3 is 14.6 Å². The van der Waals surface area contributed by atoms with Crippen LogP contribution in [0.15, 0.2) is 64.0 Å². The zero-order valence-corrected chi connectivity index (χ0v) is 15.2. The Morgan fingerprint density at radius 3 is 2.67 bits per heavy atom. The van der Waals surface area contributed by atoms with E-state index >= 15 is 0 Å². The molecular formula is C20H12Cl2N2O3. The number of hydrogen-bond donors (Lipinski definition) is 2. The lowest BCUT2D eigenvalue weighted by Crippen LogP contribution is -1.81. The molecule has 1 aromatic heterocycles. The highest BCUT2D eigenvalue weighted by Crippen LogP contribution is 2.35.